The van der Waals surface area contributed by atoms with Gasteiger partial charge in [0.05, 0.1) is 12.8 Å². The first-order chi connectivity index (χ1) is 9.56. The highest BCUT2D eigenvalue weighted by atomic mass is 35.5. The number of aryl methyl sites for hydroxylation is 1. The van der Waals surface area contributed by atoms with Gasteiger partial charge < -0.3 is 15.0 Å². The quantitative estimate of drug-likeness (QED) is 0.920. The lowest BCUT2D eigenvalue weighted by atomic mass is 9.97. The molecule has 2 rings (SSSR count). The number of ether oxygens (including phenoxy) is 1. The minimum Gasteiger partial charge on any atom is -0.495 e. The Bertz CT molecular complexity index is 464. The van der Waals surface area contributed by atoms with E-state index in [0.717, 1.165) is 41.7 Å². The number of piperazine rings is 1. The van der Waals surface area contributed by atoms with E-state index in [1.54, 1.807) is 7.11 Å². The van der Waals surface area contributed by atoms with E-state index in [-0.39, 0.29) is 0 Å². The van der Waals surface area contributed by atoms with Crippen LogP contribution in [0.15, 0.2) is 12.1 Å². The molecule has 1 aromatic carbocycles. The summed E-state index contributed by atoms with van der Waals surface area (Å²) in [6.45, 7) is 9.64. The van der Waals surface area contributed by atoms with Crippen LogP contribution in [0.4, 0.5) is 5.69 Å². The maximum atomic E-state index is 6.19. The lowest BCUT2D eigenvalue weighted by Gasteiger charge is -2.38. The second-order valence-electron chi connectivity index (χ2n) is 5.67. The molecule has 0 amide bonds. The van der Waals surface area contributed by atoms with E-state index in [4.69, 9.17) is 16.3 Å². The van der Waals surface area contributed by atoms with Crippen molar-refractivity contribution < 1.29 is 4.74 Å². The molecule has 0 saturated carbocycles. The zero-order valence-electron chi connectivity index (χ0n) is 12.9. The maximum Gasteiger partial charge on any atom is 0.143 e. The van der Waals surface area contributed by atoms with Crippen LogP contribution in [0, 0.1) is 12.8 Å². The predicted octanol–water partition coefficient (Wildman–Crippen LogP) is 3.48. The Morgan fingerprint density at radius 2 is 2.25 bits per heavy atom. The van der Waals surface area contributed by atoms with E-state index in [1.165, 1.54) is 6.42 Å². The van der Waals surface area contributed by atoms with Gasteiger partial charge in [-0.15, -0.1) is 0 Å². The zero-order chi connectivity index (χ0) is 14.7. The van der Waals surface area contributed by atoms with Crippen molar-refractivity contribution in [2.24, 2.45) is 5.92 Å². The third-order valence-corrected chi connectivity index (χ3v) is 4.74. The van der Waals surface area contributed by atoms with Crippen molar-refractivity contribution in [2.75, 3.05) is 31.6 Å². The van der Waals surface area contributed by atoms with Gasteiger partial charge >= 0.3 is 0 Å². The number of hydrogen-bond donors (Lipinski definition) is 1. The molecular formula is C16H25ClN2O. The van der Waals surface area contributed by atoms with Gasteiger partial charge in [0.25, 0.3) is 0 Å². The third-order valence-electron chi connectivity index (χ3n) is 4.34. The van der Waals surface area contributed by atoms with Gasteiger partial charge in [0.2, 0.25) is 0 Å². The molecular weight excluding hydrogens is 272 g/mol. The van der Waals surface area contributed by atoms with Gasteiger partial charge in [-0.05, 0) is 24.5 Å². The van der Waals surface area contributed by atoms with Crippen LogP contribution < -0.4 is 15.0 Å². The summed E-state index contributed by atoms with van der Waals surface area (Å²) in [7, 11) is 1.71. The van der Waals surface area contributed by atoms with Crippen LogP contribution in [0.3, 0.4) is 0 Å². The monoisotopic (exact) mass is 296 g/mol. The van der Waals surface area contributed by atoms with Crippen LogP contribution in [0.25, 0.3) is 0 Å². The fourth-order valence-corrected chi connectivity index (χ4v) is 2.87. The highest BCUT2D eigenvalue weighted by molar-refractivity contribution is 6.31. The summed E-state index contributed by atoms with van der Waals surface area (Å²) in [4.78, 5) is 2.41. The van der Waals surface area contributed by atoms with Crippen LogP contribution in [0.1, 0.15) is 25.8 Å². The summed E-state index contributed by atoms with van der Waals surface area (Å²) in [5, 5.41) is 4.39. The van der Waals surface area contributed by atoms with Crippen LogP contribution in [-0.2, 0) is 0 Å². The van der Waals surface area contributed by atoms with Crippen molar-refractivity contribution in [3.63, 3.8) is 0 Å². The summed E-state index contributed by atoms with van der Waals surface area (Å²) in [6.07, 6.45) is 1.20. The largest absolute Gasteiger partial charge is 0.495 e. The van der Waals surface area contributed by atoms with Crippen molar-refractivity contribution in [1.29, 1.82) is 0 Å². The number of halogens is 1. The highest BCUT2D eigenvalue weighted by Crippen LogP contribution is 2.34. The SMILES string of the molecule is CCC(C)C1CN(c2cc(C)c(Cl)cc2OC)CCN1. The predicted molar refractivity (Wildman–Crippen MR) is 86.2 cm³/mol. The van der Waals surface area contributed by atoms with Gasteiger partial charge in [-0.2, -0.15) is 0 Å². The molecule has 0 aliphatic carbocycles. The Labute approximate surface area is 127 Å². The molecule has 1 aromatic rings. The summed E-state index contributed by atoms with van der Waals surface area (Å²) >= 11 is 6.19. The number of rotatable bonds is 4. The molecule has 1 aliphatic heterocycles. The molecule has 4 heteroatoms. The second kappa shape index (κ2) is 6.68. The second-order valence-corrected chi connectivity index (χ2v) is 6.07. The van der Waals surface area contributed by atoms with Gasteiger partial charge in [0, 0.05) is 36.8 Å². The number of hydrogen-bond acceptors (Lipinski definition) is 3. The van der Waals surface area contributed by atoms with Gasteiger partial charge in [0.15, 0.2) is 0 Å². The molecule has 1 fully saturated rings. The lowest BCUT2D eigenvalue weighted by Crippen LogP contribution is -2.53. The number of nitrogens with one attached hydrogen (secondary N) is 1. The Morgan fingerprint density at radius 3 is 2.90 bits per heavy atom. The lowest BCUT2D eigenvalue weighted by molar-refractivity contribution is 0.339. The number of anilines is 1. The van der Waals surface area contributed by atoms with Crippen LogP contribution >= 0.6 is 11.6 Å². The molecule has 1 saturated heterocycles. The average Bonchev–Trinajstić information content (AvgIpc) is 2.48. The maximum absolute atomic E-state index is 6.19. The summed E-state index contributed by atoms with van der Waals surface area (Å²) in [5.41, 5.74) is 2.25. The van der Waals surface area contributed by atoms with Crippen molar-refractivity contribution in [3.8, 4) is 5.75 Å². The highest BCUT2D eigenvalue weighted by Gasteiger charge is 2.25. The standard InChI is InChI=1S/C16H25ClN2O/c1-5-11(2)14-10-19(7-6-18-14)15-8-12(3)13(17)9-16(15)20-4/h8-9,11,14,18H,5-7,10H2,1-4H3. The normalized spacial score (nSPS) is 20.9. The van der Waals surface area contributed by atoms with Crippen molar-refractivity contribution >= 4 is 17.3 Å². The van der Waals surface area contributed by atoms with E-state index < -0.39 is 0 Å². The fraction of sp³-hybridized carbons (Fsp3) is 0.625. The smallest absolute Gasteiger partial charge is 0.143 e. The minimum absolute atomic E-state index is 0.537. The number of methoxy groups -OCH3 is 1. The van der Waals surface area contributed by atoms with Gasteiger partial charge in [-0.25, -0.2) is 0 Å². The fourth-order valence-electron chi connectivity index (χ4n) is 2.72. The summed E-state index contributed by atoms with van der Waals surface area (Å²) in [6, 6.07) is 4.60. The molecule has 3 nitrogen and oxygen atoms in total. The van der Waals surface area contributed by atoms with Crippen LogP contribution in [0.5, 0.6) is 5.75 Å². The Morgan fingerprint density at radius 1 is 1.50 bits per heavy atom. The average molecular weight is 297 g/mol. The van der Waals surface area contributed by atoms with E-state index in [2.05, 4.69) is 30.1 Å². The van der Waals surface area contributed by atoms with E-state index >= 15 is 0 Å². The van der Waals surface area contributed by atoms with Gasteiger partial charge in [0.1, 0.15) is 5.75 Å². The van der Waals surface area contributed by atoms with E-state index in [1.807, 2.05) is 13.0 Å². The zero-order valence-corrected chi connectivity index (χ0v) is 13.6. The first-order valence-corrected chi connectivity index (χ1v) is 7.77. The van der Waals surface area contributed by atoms with E-state index in [0.29, 0.717) is 12.0 Å². The van der Waals surface area contributed by atoms with Crippen LogP contribution in [-0.4, -0.2) is 32.8 Å². The number of benzene rings is 1. The Hall–Kier alpha value is -0.930. The molecule has 2 atom stereocenters. The molecule has 0 aromatic heterocycles. The molecule has 0 radical (unpaired) electrons. The minimum atomic E-state index is 0.537. The Kier molecular flexibility index (Phi) is 5.17. The van der Waals surface area contributed by atoms with Gasteiger partial charge in [-0.1, -0.05) is 31.9 Å². The molecule has 2 unspecified atom stereocenters. The third kappa shape index (κ3) is 3.21. The topological polar surface area (TPSA) is 24.5 Å². The molecule has 112 valence electrons. The van der Waals surface area contributed by atoms with Crippen molar-refractivity contribution in [1.82, 2.24) is 5.32 Å². The van der Waals surface area contributed by atoms with Crippen molar-refractivity contribution in [3.05, 3.63) is 22.7 Å². The first kappa shape index (κ1) is 15.5. The summed E-state index contributed by atoms with van der Waals surface area (Å²) in [5.74, 6) is 1.54. The van der Waals surface area contributed by atoms with Crippen molar-refractivity contribution in [2.45, 2.75) is 33.2 Å². The van der Waals surface area contributed by atoms with Gasteiger partial charge in [-0.3, -0.25) is 0 Å². The van der Waals surface area contributed by atoms with Crippen LogP contribution in [0.2, 0.25) is 5.02 Å². The molecule has 1 heterocycles. The molecule has 0 spiro atoms. The first-order valence-electron chi connectivity index (χ1n) is 7.39. The van der Waals surface area contributed by atoms with E-state index in [9.17, 15) is 0 Å². The Balaban J connectivity index is 2.24. The molecule has 0 bridgehead atoms. The summed E-state index contributed by atoms with van der Waals surface area (Å²) < 4.78 is 5.51. The molecule has 20 heavy (non-hydrogen) atoms. The molecule has 1 N–H and O–H groups in total. The number of nitrogens with zero attached hydrogens (tertiary/aromatic N) is 1. The molecule has 1 aliphatic rings.